The van der Waals surface area contributed by atoms with Crippen LogP contribution in [0.3, 0.4) is 0 Å². The average Bonchev–Trinajstić information content (AvgIpc) is 2.84. The van der Waals surface area contributed by atoms with Crippen LogP contribution in [0.4, 0.5) is 5.69 Å². The number of carbonyl (C=O) groups excluding carboxylic acids is 1. The number of carbonyl (C=O) groups is 1. The van der Waals surface area contributed by atoms with E-state index in [2.05, 4.69) is 36.4 Å². The quantitative estimate of drug-likeness (QED) is 0.821. The van der Waals surface area contributed by atoms with Crippen LogP contribution in [0.25, 0.3) is 0 Å². The lowest BCUT2D eigenvalue weighted by Gasteiger charge is -2.04. The molecule has 1 aromatic carbocycles. The topological polar surface area (TPSA) is 70.7 Å². The summed E-state index contributed by atoms with van der Waals surface area (Å²) in [5.74, 6) is 1.04. The van der Waals surface area contributed by atoms with Gasteiger partial charge in [-0.2, -0.15) is 0 Å². The zero-order valence-electron chi connectivity index (χ0n) is 10.3. The third-order valence-electron chi connectivity index (χ3n) is 2.29. The van der Waals surface area contributed by atoms with Crippen molar-refractivity contribution in [3.05, 3.63) is 34.6 Å². The van der Waals surface area contributed by atoms with Crippen LogP contribution in [0, 0.1) is 0 Å². The number of aryl methyl sites for hydroxylation is 1. The summed E-state index contributed by atoms with van der Waals surface area (Å²) in [6.07, 6.45) is 0.803. The number of rotatable bonds is 5. The Kier molecular flexibility index (Phi) is 4.98. The lowest BCUT2D eigenvalue weighted by molar-refractivity contribution is -0.113. The predicted molar refractivity (Wildman–Crippen MR) is 79.3 cm³/mol. The minimum atomic E-state index is -0.0778. The third-order valence-corrected chi connectivity index (χ3v) is 3.63. The van der Waals surface area contributed by atoms with E-state index in [-0.39, 0.29) is 11.7 Å². The molecule has 7 heteroatoms. The van der Waals surface area contributed by atoms with Crippen molar-refractivity contribution in [1.29, 1.82) is 0 Å². The molecule has 1 heterocycles. The Morgan fingerprint density at radius 2 is 2.37 bits per heavy atom. The fourth-order valence-corrected chi connectivity index (χ4v) is 2.41. The summed E-state index contributed by atoms with van der Waals surface area (Å²) in [6, 6.07) is 7.47. The first kappa shape index (κ1) is 14.1. The lowest BCUT2D eigenvalue weighted by Crippen LogP contribution is -2.14. The summed E-state index contributed by atoms with van der Waals surface area (Å²) in [4.78, 5) is 16.0. The smallest absolute Gasteiger partial charge is 0.234 e. The maximum absolute atomic E-state index is 11.8. The molecule has 2 N–H and O–H groups in total. The number of amides is 1. The van der Waals surface area contributed by atoms with Gasteiger partial charge in [0, 0.05) is 16.6 Å². The highest BCUT2D eigenvalue weighted by atomic mass is 79.9. The highest BCUT2D eigenvalue weighted by molar-refractivity contribution is 9.10. The number of anilines is 1. The van der Waals surface area contributed by atoms with Crippen LogP contribution in [0.5, 0.6) is 0 Å². The molecule has 0 fully saturated rings. The number of aromatic amines is 1. The number of thioether (sulfide) groups is 1. The van der Waals surface area contributed by atoms with Gasteiger partial charge >= 0.3 is 0 Å². The van der Waals surface area contributed by atoms with Gasteiger partial charge in [0.15, 0.2) is 0 Å². The van der Waals surface area contributed by atoms with Crippen LogP contribution in [0.15, 0.2) is 33.9 Å². The molecule has 19 heavy (non-hydrogen) atoms. The van der Waals surface area contributed by atoms with Gasteiger partial charge < -0.3 is 5.32 Å². The van der Waals surface area contributed by atoms with Crippen molar-refractivity contribution in [1.82, 2.24) is 15.2 Å². The van der Waals surface area contributed by atoms with Crippen molar-refractivity contribution >= 4 is 39.3 Å². The molecular weight excluding hydrogens is 328 g/mol. The average molecular weight is 341 g/mol. The number of hydrogen-bond donors (Lipinski definition) is 2. The van der Waals surface area contributed by atoms with Crippen LogP contribution in [-0.2, 0) is 11.2 Å². The standard InChI is InChI=1S/C12H13BrN4OS/c1-2-10-15-12(17-16-10)19-7-11(18)14-9-5-3-4-8(13)6-9/h3-6H,2,7H2,1H3,(H,14,18)(H,15,16,17). The summed E-state index contributed by atoms with van der Waals surface area (Å²) in [7, 11) is 0. The summed E-state index contributed by atoms with van der Waals surface area (Å²) < 4.78 is 0.930. The van der Waals surface area contributed by atoms with Gasteiger partial charge in [-0.1, -0.05) is 40.7 Å². The second-order valence-electron chi connectivity index (χ2n) is 3.77. The van der Waals surface area contributed by atoms with Crippen LogP contribution in [0.1, 0.15) is 12.7 Å². The van der Waals surface area contributed by atoms with Gasteiger partial charge in [0.05, 0.1) is 5.75 Å². The zero-order valence-corrected chi connectivity index (χ0v) is 12.7. The second-order valence-corrected chi connectivity index (χ2v) is 5.62. The highest BCUT2D eigenvalue weighted by Crippen LogP contribution is 2.17. The van der Waals surface area contributed by atoms with Gasteiger partial charge in [0.25, 0.3) is 0 Å². The summed E-state index contributed by atoms with van der Waals surface area (Å²) >= 11 is 4.67. The Balaban J connectivity index is 1.84. The maximum atomic E-state index is 11.8. The van der Waals surface area contributed by atoms with Gasteiger partial charge in [-0.15, -0.1) is 5.10 Å². The molecule has 0 aliphatic carbocycles. The molecule has 1 amide bonds. The monoisotopic (exact) mass is 340 g/mol. The van der Waals surface area contributed by atoms with Crippen molar-refractivity contribution < 1.29 is 4.79 Å². The van der Waals surface area contributed by atoms with E-state index in [4.69, 9.17) is 0 Å². The largest absolute Gasteiger partial charge is 0.325 e. The van der Waals surface area contributed by atoms with Gasteiger partial charge in [0.2, 0.25) is 11.1 Å². The molecule has 0 saturated carbocycles. The second kappa shape index (κ2) is 6.72. The number of benzene rings is 1. The molecule has 0 saturated heterocycles. The van der Waals surface area contributed by atoms with Crippen molar-refractivity contribution in [2.75, 3.05) is 11.1 Å². The van der Waals surface area contributed by atoms with E-state index in [0.717, 1.165) is 22.4 Å². The fraction of sp³-hybridized carbons (Fsp3) is 0.250. The number of nitrogens with zero attached hydrogens (tertiary/aromatic N) is 2. The first-order valence-corrected chi connectivity index (χ1v) is 7.54. The van der Waals surface area contributed by atoms with Gasteiger partial charge in [-0.05, 0) is 18.2 Å². The van der Waals surface area contributed by atoms with Gasteiger partial charge in [-0.25, -0.2) is 4.98 Å². The predicted octanol–water partition coefficient (Wildman–Crippen LogP) is 2.86. The minimum absolute atomic E-state index is 0.0778. The number of hydrogen-bond acceptors (Lipinski definition) is 4. The van der Waals surface area contributed by atoms with E-state index < -0.39 is 0 Å². The molecule has 0 aliphatic rings. The summed E-state index contributed by atoms with van der Waals surface area (Å²) in [5, 5.41) is 10.3. The molecule has 0 aliphatic heterocycles. The number of nitrogens with one attached hydrogen (secondary N) is 2. The van der Waals surface area contributed by atoms with E-state index >= 15 is 0 Å². The van der Waals surface area contributed by atoms with Gasteiger partial charge in [-0.3, -0.25) is 9.89 Å². The Labute approximate surface area is 123 Å². The SMILES string of the molecule is CCc1nc(SCC(=O)Nc2cccc(Br)c2)n[nH]1. The van der Waals surface area contributed by atoms with Crippen molar-refractivity contribution in [2.45, 2.75) is 18.5 Å². The van der Waals surface area contributed by atoms with E-state index in [1.165, 1.54) is 11.8 Å². The molecule has 5 nitrogen and oxygen atoms in total. The van der Waals surface area contributed by atoms with E-state index in [9.17, 15) is 4.79 Å². The number of H-pyrrole nitrogens is 1. The summed E-state index contributed by atoms with van der Waals surface area (Å²) in [6.45, 7) is 1.99. The molecule has 0 radical (unpaired) electrons. The van der Waals surface area contributed by atoms with Crippen molar-refractivity contribution in [2.24, 2.45) is 0 Å². The summed E-state index contributed by atoms with van der Waals surface area (Å²) in [5.41, 5.74) is 0.768. The van der Waals surface area contributed by atoms with Crippen molar-refractivity contribution in [3.63, 3.8) is 0 Å². The van der Waals surface area contributed by atoms with Crippen LogP contribution >= 0.6 is 27.7 Å². The molecule has 1 aromatic heterocycles. The molecule has 0 unspecified atom stereocenters. The maximum Gasteiger partial charge on any atom is 0.234 e. The molecule has 100 valence electrons. The number of halogens is 1. The van der Waals surface area contributed by atoms with Crippen LogP contribution in [0.2, 0.25) is 0 Å². The first-order valence-electron chi connectivity index (χ1n) is 5.77. The first-order chi connectivity index (χ1) is 9.17. The molecule has 0 spiro atoms. The Morgan fingerprint density at radius 3 is 3.05 bits per heavy atom. The highest BCUT2D eigenvalue weighted by Gasteiger charge is 2.07. The molecule has 2 aromatic rings. The number of aromatic nitrogens is 3. The fourth-order valence-electron chi connectivity index (χ4n) is 1.39. The molecule has 0 atom stereocenters. The molecule has 0 bridgehead atoms. The Morgan fingerprint density at radius 1 is 1.53 bits per heavy atom. The Bertz CT molecular complexity index is 572. The normalized spacial score (nSPS) is 10.4. The molecule has 2 rings (SSSR count). The Hall–Kier alpha value is -1.34. The van der Waals surface area contributed by atoms with E-state index in [0.29, 0.717) is 5.16 Å². The minimum Gasteiger partial charge on any atom is -0.325 e. The van der Waals surface area contributed by atoms with E-state index in [1.807, 2.05) is 31.2 Å². The van der Waals surface area contributed by atoms with E-state index in [1.54, 1.807) is 0 Å². The van der Waals surface area contributed by atoms with Gasteiger partial charge in [0.1, 0.15) is 5.82 Å². The zero-order chi connectivity index (χ0) is 13.7. The molecular formula is C12H13BrN4OS. The van der Waals surface area contributed by atoms with Crippen LogP contribution < -0.4 is 5.32 Å². The van der Waals surface area contributed by atoms with Crippen molar-refractivity contribution in [3.8, 4) is 0 Å². The third kappa shape index (κ3) is 4.36. The lowest BCUT2D eigenvalue weighted by atomic mass is 10.3. The van der Waals surface area contributed by atoms with Crippen LogP contribution in [-0.4, -0.2) is 26.8 Å².